The molecule has 2 aromatic rings. The van der Waals surface area contributed by atoms with Crippen LogP contribution >= 0.6 is 0 Å². The van der Waals surface area contributed by atoms with E-state index in [1.807, 2.05) is 4.90 Å². The van der Waals surface area contributed by atoms with E-state index in [0.717, 1.165) is 36.3 Å². The molecular formula is C20H25F3N4O3. The van der Waals surface area contributed by atoms with Gasteiger partial charge in [0, 0.05) is 52.9 Å². The molecule has 0 aliphatic carbocycles. The van der Waals surface area contributed by atoms with Crippen molar-refractivity contribution in [2.75, 3.05) is 44.2 Å². The van der Waals surface area contributed by atoms with Gasteiger partial charge in [-0.1, -0.05) is 6.07 Å². The number of rotatable bonds is 6. The SMILES string of the molecule is Cn1c(N2CCN(CCCOc3cccc(C(F)(F)F)c3)CC2)cc(=O)n(C)c1=O. The van der Waals surface area contributed by atoms with Gasteiger partial charge in [0.25, 0.3) is 5.56 Å². The van der Waals surface area contributed by atoms with E-state index in [9.17, 15) is 22.8 Å². The number of hydrogen-bond acceptors (Lipinski definition) is 5. The number of aromatic nitrogens is 2. The van der Waals surface area contributed by atoms with Crippen molar-refractivity contribution in [3.8, 4) is 5.75 Å². The highest BCUT2D eigenvalue weighted by Gasteiger charge is 2.30. The molecule has 2 heterocycles. The van der Waals surface area contributed by atoms with E-state index in [1.165, 1.54) is 29.8 Å². The first kappa shape index (κ1) is 21.9. The number of anilines is 1. The van der Waals surface area contributed by atoms with Gasteiger partial charge in [0.15, 0.2) is 0 Å². The van der Waals surface area contributed by atoms with Crippen molar-refractivity contribution >= 4 is 5.82 Å². The van der Waals surface area contributed by atoms with Crippen LogP contribution in [0.4, 0.5) is 19.0 Å². The highest BCUT2D eigenvalue weighted by molar-refractivity contribution is 5.39. The van der Waals surface area contributed by atoms with Gasteiger partial charge in [0.1, 0.15) is 11.6 Å². The lowest BCUT2D eigenvalue weighted by molar-refractivity contribution is -0.137. The summed E-state index contributed by atoms with van der Waals surface area (Å²) in [6.45, 7) is 3.94. The predicted molar refractivity (Wildman–Crippen MR) is 107 cm³/mol. The summed E-state index contributed by atoms with van der Waals surface area (Å²) in [7, 11) is 3.10. The van der Waals surface area contributed by atoms with E-state index in [0.29, 0.717) is 31.9 Å². The minimum atomic E-state index is -4.38. The Balaban J connectivity index is 1.46. The fraction of sp³-hybridized carbons (Fsp3) is 0.500. The van der Waals surface area contributed by atoms with Gasteiger partial charge in [-0.25, -0.2) is 4.79 Å². The Kier molecular flexibility index (Phi) is 6.55. The van der Waals surface area contributed by atoms with E-state index in [-0.39, 0.29) is 17.0 Å². The summed E-state index contributed by atoms with van der Waals surface area (Å²) < 4.78 is 46.2. The van der Waals surface area contributed by atoms with Crippen LogP contribution in [0.1, 0.15) is 12.0 Å². The molecular weight excluding hydrogens is 401 g/mol. The second kappa shape index (κ2) is 8.95. The number of hydrogen-bond donors (Lipinski definition) is 0. The first-order chi connectivity index (χ1) is 14.2. The third kappa shape index (κ3) is 5.05. The van der Waals surface area contributed by atoms with Crippen LogP contribution in [-0.2, 0) is 20.3 Å². The van der Waals surface area contributed by atoms with Crippen molar-refractivity contribution in [1.82, 2.24) is 14.0 Å². The van der Waals surface area contributed by atoms with Crippen LogP contribution in [0.25, 0.3) is 0 Å². The molecule has 30 heavy (non-hydrogen) atoms. The normalized spacial score (nSPS) is 15.4. The van der Waals surface area contributed by atoms with Crippen molar-refractivity contribution in [2.24, 2.45) is 14.1 Å². The first-order valence-electron chi connectivity index (χ1n) is 9.71. The van der Waals surface area contributed by atoms with Crippen LogP contribution < -0.4 is 20.9 Å². The van der Waals surface area contributed by atoms with Crippen molar-refractivity contribution in [3.05, 3.63) is 56.7 Å². The average Bonchev–Trinajstić information content (AvgIpc) is 2.72. The van der Waals surface area contributed by atoms with Gasteiger partial charge in [-0.05, 0) is 24.6 Å². The molecule has 3 rings (SSSR count). The minimum absolute atomic E-state index is 0.209. The Morgan fingerprint density at radius 3 is 2.37 bits per heavy atom. The molecule has 0 N–H and O–H groups in total. The third-order valence-electron chi connectivity index (χ3n) is 5.25. The van der Waals surface area contributed by atoms with Gasteiger partial charge in [-0.2, -0.15) is 13.2 Å². The maximum atomic E-state index is 12.7. The molecule has 10 heteroatoms. The second-order valence-corrected chi connectivity index (χ2v) is 7.30. The number of ether oxygens (including phenoxy) is 1. The fourth-order valence-electron chi connectivity index (χ4n) is 3.47. The van der Waals surface area contributed by atoms with Gasteiger partial charge in [0.2, 0.25) is 0 Å². The molecule has 0 spiro atoms. The standard InChI is InChI=1S/C20H25F3N4O3/c1-24-17(14-18(28)25(2)19(24)29)27-10-8-26(9-11-27)7-4-12-30-16-6-3-5-15(13-16)20(21,22)23/h3,5-6,13-14H,4,7-12H2,1-2H3. The molecule has 0 bridgehead atoms. The Labute approximate surface area is 171 Å². The zero-order valence-electron chi connectivity index (χ0n) is 17.0. The topological polar surface area (TPSA) is 59.7 Å². The van der Waals surface area contributed by atoms with E-state index >= 15 is 0 Å². The monoisotopic (exact) mass is 426 g/mol. The number of halogens is 3. The predicted octanol–water partition coefficient (Wildman–Crippen LogP) is 1.69. The number of alkyl halides is 3. The zero-order valence-corrected chi connectivity index (χ0v) is 17.0. The maximum Gasteiger partial charge on any atom is 0.416 e. The van der Waals surface area contributed by atoms with Crippen molar-refractivity contribution in [1.29, 1.82) is 0 Å². The highest BCUT2D eigenvalue weighted by Crippen LogP contribution is 2.31. The Hall–Kier alpha value is -2.75. The van der Waals surface area contributed by atoms with E-state index in [2.05, 4.69) is 4.90 Å². The molecule has 1 aromatic carbocycles. The first-order valence-corrected chi connectivity index (χ1v) is 9.71. The lowest BCUT2D eigenvalue weighted by atomic mass is 10.2. The van der Waals surface area contributed by atoms with Crippen LogP contribution in [0.3, 0.4) is 0 Å². The molecule has 1 aromatic heterocycles. The lowest BCUT2D eigenvalue weighted by Crippen LogP contribution is -2.49. The van der Waals surface area contributed by atoms with Crippen LogP contribution in [0.5, 0.6) is 5.75 Å². The molecule has 7 nitrogen and oxygen atoms in total. The number of benzene rings is 1. The number of piperazine rings is 1. The Morgan fingerprint density at radius 1 is 1.00 bits per heavy atom. The molecule has 1 fully saturated rings. The van der Waals surface area contributed by atoms with Gasteiger partial charge < -0.3 is 9.64 Å². The van der Waals surface area contributed by atoms with Gasteiger partial charge in [0.05, 0.1) is 12.2 Å². The number of nitrogens with zero attached hydrogens (tertiary/aromatic N) is 4. The molecule has 0 amide bonds. The molecule has 0 atom stereocenters. The van der Waals surface area contributed by atoms with E-state index < -0.39 is 11.7 Å². The average molecular weight is 426 g/mol. The Bertz CT molecular complexity index is 992. The summed E-state index contributed by atoms with van der Waals surface area (Å²) in [6, 6.07) is 6.35. The van der Waals surface area contributed by atoms with Gasteiger partial charge in [-0.3, -0.25) is 18.8 Å². The van der Waals surface area contributed by atoms with Gasteiger partial charge in [-0.15, -0.1) is 0 Å². The van der Waals surface area contributed by atoms with Gasteiger partial charge >= 0.3 is 11.9 Å². The smallest absolute Gasteiger partial charge is 0.416 e. The Morgan fingerprint density at radius 2 is 1.70 bits per heavy atom. The fourth-order valence-corrected chi connectivity index (χ4v) is 3.47. The summed E-state index contributed by atoms with van der Waals surface area (Å²) >= 11 is 0. The largest absolute Gasteiger partial charge is 0.494 e. The summed E-state index contributed by atoms with van der Waals surface area (Å²) in [5.74, 6) is 0.817. The molecule has 1 aliphatic heterocycles. The summed E-state index contributed by atoms with van der Waals surface area (Å²) in [4.78, 5) is 28.3. The van der Waals surface area contributed by atoms with Crippen LogP contribution in [0.15, 0.2) is 39.9 Å². The van der Waals surface area contributed by atoms with Crippen LogP contribution in [0, 0.1) is 0 Å². The van der Waals surface area contributed by atoms with Crippen LogP contribution in [-0.4, -0.2) is 53.4 Å². The maximum absolute atomic E-state index is 12.7. The quantitative estimate of drug-likeness (QED) is 0.658. The van der Waals surface area contributed by atoms with Crippen LogP contribution in [0.2, 0.25) is 0 Å². The molecule has 0 saturated carbocycles. The van der Waals surface area contributed by atoms with Crippen molar-refractivity contribution in [2.45, 2.75) is 12.6 Å². The third-order valence-corrected chi connectivity index (χ3v) is 5.25. The summed E-state index contributed by atoms with van der Waals surface area (Å²) in [5.41, 5.74) is -1.41. The molecule has 0 unspecified atom stereocenters. The zero-order chi connectivity index (χ0) is 21.9. The lowest BCUT2D eigenvalue weighted by Gasteiger charge is -2.36. The summed E-state index contributed by atoms with van der Waals surface area (Å²) in [6.07, 6.45) is -3.70. The highest BCUT2D eigenvalue weighted by atomic mass is 19.4. The molecule has 164 valence electrons. The summed E-state index contributed by atoms with van der Waals surface area (Å²) in [5, 5.41) is 0. The van der Waals surface area contributed by atoms with Crippen molar-refractivity contribution < 1.29 is 17.9 Å². The molecule has 0 radical (unpaired) electrons. The van der Waals surface area contributed by atoms with E-state index in [1.54, 1.807) is 7.05 Å². The molecule has 1 saturated heterocycles. The second-order valence-electron chi connectivity index (χ2n) is 7.30. The minimum Gasteiger partial charge on any atom is -0.494 e. The molecule has 1 aliphatic rings. The van der Waals surface area contributed by atoms with Crippen molar-refractivity contribution in [3.63, 3.8) is 0 Å². The van der Waals surface area contributed by atoms with E-state index in [4.69, 9.17) is 4.74 Å².